The van der Waals surface area contributed by atoms with Crippen LogP contribution in [0.5, 0.6) is 0 Å². The van der Waals surface area contributed by atoms with Gasteiger partial charge in [0.2, 0.25) is 0 Å². The molecule has 4 aromatic rings. The van der Waals surface area contributed by atoms with Gasteiger partial charge in [-0.25, -0.2) is 9.78 Å². The molecule has 1 aromatic carbocycles. The highest BCUT2D eigenvalue weighted by Gasteiger charge is 2.21. The Kier molecular flexibility index (Phi) is 5.38. The van der Waals surface area contributed by atoms with Crippen LogP contribution in [0.25, 0.3) is 21.1 Å². The monoisotopic (exact) mass is 425 g/mol. The molecule has 0 unspecified atom stereocenters. The number of carbonyl (C=O) groups is 1. The van der Waals surface area contributed by atoms with Crippen molar-refractivity contribution in [3.05, 3.63) is 62.9 Å². The lowest BCUT2D eigenvalue weighted by Gasteiger charge is -2.14. The van der Waals surface area contributed by atoms with Crippen molar-refractivity contribution >= 4 is 50.2 Å². The van der Waals surface area contributed by atoms with E-state index in [4.69, 9.17) is 9.72 Å². The molecule has 3 aromatic heterocycles. The van der Waals surface area contributed by atoms with Gasteiger partial charge >= 0.3 is 5.97 Å². The number of para-hydroxylation sites is 1. The molecule has 0 atom stereocenters. The van der Waals surface area contributed by atoms with E-state index in [-0.39, 0.29) is 11.5 Å². The Balaban J connectivity index is 1.78. The Bertz CT molecular complexity index is 1290. The second kappa shape index (κ2) is 7.96. The van der Waals surface area contributed by atoms with Gasteiger partial charge in [-0.15, -0.1) is 11.3 Å². The van der Waals surface area contributed by atoms with E-state index < -0.39 is 0 Å². The number of hydrogen-bond donors (Lipinski definition) is 0. The molecule has 148 valence electrons. The first kappa shape index (κ1) is 19.6. The Morgan fingerprint density at radius 2 is 2.00 bits per heavy atom. The molecular formula is C21H19N3O3S2. The number of nitrogens with zero attached hydrogens (tertiary/aromatic N) is 3. The molecule has 3 heterocycles. The van der Waals surface area contributed by atoms with Crippen LogP contribution in [0.2, 0.25) is 0 Å². The molecule has 0 aliphatic rings. The van der Waals surface area contributed by atoms with Crippen LogP contribution in [0.1, 0.15) is 28.5 Å². The number of aromatic nitrogens is 3. The highest BCUT2D eigenvalue weighted by atomic mass is 32.2. The van der Waals surface area contributed by atoms with Crippen molar-refractivity contribution in [1.29, 1.82) is 0 Å². The summed E-state index contributed by atoms with van der Waals surface area (Å²) in [5.41, 5.74) is 2.71. The van der Waals surface area contributed by atoms with E-state index in [1.165, 1.54) is 27.7 Å². The maximum absolute atomic E-state index is 12.7. The van der Waals surface area contributed by atoms with Crippen LogP contribution in [-0.4, -0.2) is 27.1 Å². The molecule has 0 aliphatic carbocycles. The second-order valence-electron chi connectivity index (χ2n) is 6.48. The van der Waals surface area contributed by atoms with Crippen molar-refractivity contribution in [2.75, 3.05) is 6.61 Å². The number of rotatable bonds is 5. The maximum Gasteiger partial charge on any atom is 0.340 e. The summed E-state index contributed by atoms with van der Waals surface area (Å²) in [6.07, 6.45) is 0. The summed E-state index contributed by atoms with van der Waals surface area (Å²) in [7, 11) is 1.71. The molecule has 0 spiro atoms. The van der Waals surface area contributed by atoms with Gasteiger partial charge in [0.25, 0.3) is 5.56 Å². The number of aryl methyl sites for hydroxylation is 1. The maximum atomic E-state index is 12.7. The largest absolute Gasteiger partial charge is 0.462 e. The molecule has 0 fully saturated rings. The molecule has 4 rings (SSSR count). The van der Waals surface area contributed by atoms with Crippen molar-refractivity contribution < 1.29 is 9.53 Å². The number of fused-ring (bicyclic) bond motifs is 2. The summed E-state index contributed by atoms with van der Waals surface area (Å²) in [4.78, 5) is 35.2. The summed E-state index contributed by atoms with van der Waals surface area (Å²) in [5, 5.41) is 4.00. The Labute approximate surface area is 175 Å². The number of ether oxygens (including phenoxy) is 1. The minimum atomic E-state index is -0.380. The first-order chi connectivity index (χ1) is 14.0. The highest BCUT2D eigenvalue weighted by Crippen LogP contribution is 2.29. The van der Waals surface area contributed by atoms with E-state index in [0.29, 0.717) is 39.0 Å². The summed E-state index contributed by atoms with van der Waals surface area (Å²) >= 11 is 2.83. The molecule has 0 N–H and O–H groups in total. The second-order valence-corrected chi connectivity index (χ2v) is 8.32. The molecule has 8 heteroatoms. The third-order valence-electron chi connectivity index (χ3n) is 4.71. The number of thiophene rings is 1. The summed E-state index contributed by atoms with van der Waals surface area (Å²) < 4.78 is 6.82. The Morgan fingerprint density at radius 1 is 1.21 bits per heavy atom. The van der Waals surface area contributed by atoms with Crippen LogP contribution in [0.15, 0.2) is 45.7 Å². The van der Waals surface area contributed by atoms with Crippen molar-refractivity contribution in [2.24, 2.45) is 7.05 Å². The highest BCUT2D eigenvalue weighted by molar-refractivity contribution is 7.98. The minimum Gasteiger partial charge on any atom is -0.462 e. The smallest absolute Gasteiger partial charge is 0.340 e. The van der Waals surface area contributed by atoms with Crippen molar-refractivity contribution in [1.82, 2.24) is 14.5 Å². The van der Waals surface area contributed by atoms with E-state index in [2.05, 4.69) is 4.98 Å². The fourth-order valence-corrected chi connectivity index (χ4v) is 4.98. The molecule has 0 saturated heterocycles. The van der Waals surface area contributed by atoms with Crippen molar-refractivity contribution in [3.8, 4) is 0 Å². The summed E-state index contributed by atoms with van der Waals surface area (Å²) in [6, 6.07) is 9.52. The van der Waals surface area contributed by atoms with Crippen molar-refractivity contribution in [3.63, 3.8) is 0 Å². The molecule has 6 nitrogen and oxygen atoms in total. The number of hydrogen-bond acceptors (Lipinski definition) is 7. The van der Waals surface area contributed by atoms with Gasteiger partial charge in [0.05, 0.1) is 28.8 Å². The third-order valence-corrected chi connectivity index (χ3v) is 6.56. The first-order valence-corrected chi connectivity index (χ1v) is 11.0. The van der Waals surface area contributed by atoms with Crippen LogP contribution in [0.3, 0.4) is 0 Å². The van der Waals surface area contributed by atoms with Crippen molar-refractivity contribution in [2.45, 2.75) is 24.8 Å². The molecule has 0 saturated carbocycles. The molecule has 29 heavy (non-hydrogen) atoms. The van der Waals surface area contributed by atoms with E-state index in [1.54, 1.807) is 20.0 Å². The van der Waals surface area contributed by atoms with Crippen LogP contribution >= 0.6 is 23.1 Å². The van der Waals surface area contributed by atoms with E-state index in [9.17, 15) is 9.59 Å². The quantitative estimate of drug-likeness (QED) is 0.269. The topological polar surface area (TPSA) is 74.1 Å². The van der Waals surface area contributed by atoms with Gasteiger partial charge < -0.3 is 4.74 Å². The van der Waals surface area contributed by atoms with E-state index in [0.717, 1.165) is 16.5 Å². The first-order valence-electron chi connectivity index (χ1n) is 9.13. The average Bonchev–Trinajstić information content (AvgIpc) is 3.18. The number of esters is 1. The zero-order valence-corrected chi connectivity index (χ0v) is 17.9. The van der Waals surface area contributed by atoms with Gasteiger partial charge in [-0.3, -0.25) is 14.3 Å². The van der Waals surface area contributed by atoms with Gasteiger partial charge in [-0.05, 0) is 36.9 Å². The molecule has 0 bridgehead atoms. The number of thioether (sulfide) groups is 1. The molecule has 0 amide bonds. The number of carbonyl (C=O) groups excluding carboxylic acids is 1. The standard InChI is InChI=1S/C21H19N3O3S2/c1-4-27-20(26)17-12(2)13-7-5-6-8-15(13)22-16(17)11-29-21-23-18-14(9-10-28-18)19(25)24(21)3/h5-10H,4,11H2,1-3H3. The zero-order chi connectivity index (χ0) is 20.5. The fraction of sp³-hybridized carbons (Fsp3) is 0.238. The number of benzene rings is 1. The SMILES string of the molecule is CCOC(=O)c1c(CSc2nc3sccc3c(=O)n2C)nc2ccccc2c1C. The summed E-state index contributed by atoms with van der Waals surface area (Å²) in [6.45, 7) is 3.99. The summed E-state index contributed by atoms with van der Waals surface area (Å²) in [5.74, 6) is 0.0196. The number of pyridine rings is 1. The predicted molar refractivity (Wildman–Crippen MR) is 117 cm³/mol. The van der Waals surface area contributed by atoms with Gasteiger partial charge in [0, 0.05) is 18.2 Å². The lowest BCUT2D eigenvalue weighted by molar-refractivity contribution is 0.0524. The lowest BCUT2D eigenvalue weighted by Crippen LogP contribution is -2.19. The molecule has 0 radical (unpaired) electrons. The van der Waals surface area contributed by atoms with Gasteiger partial charge in [-0.1, -0.05) is 30.0 Å². The van der Waals surface area contributed by atoms with Crippen LogP contribution in [0, 0.1) is 6.92 Å². The van der Waals surface area contributed by atoms with Crippen LogP contribution in [0.4, 0.5) is 0 Å². The molecule has 0 aliphatic heterocycles. The Morgan fingerprint density at radius 3 is 2.79 bits per heavy atom. The van der Waals surface area contributed by atoms with Gasteiger partial charge in [-0.2, -0.15) is 0 Å². The third kappa shape index (κ3) is 3.54. The van der Waals surface area contributed by atoms with E-state index in [1.807, 2.05) is 36.6 Å². The predicted octanol–water partition coefficient (Wildman–Crippen LogP) is 4.32. The average molecular weight is 426 g/mol. The normalized spacial score (nSPS) is 11.3. The fourth-order valence-electron chi connectivity index (χ4n) is 3.26. The van der Waals surface area contributed by atoms with E-state index >= 15 is 0 Å². The van der Waals surface area contributed by atoms with Gasteiger partial charge in [0.15, 0.2) is 5.16 Å². The zero-order valence-electron chi connectivity index (χ0n) is 16.3. The van der Waals surface area contributed by atoms with Crippen LogP contribution in [-0.2, 0) is 17.5 Å². The van der Waals surface area contributed by atoms with Gasteiger partial charge in [0.1, 0.15) is 4.83 Å². The lowest BCUT2D eigenvalue weighted by atomic mass is 10.0. The van der Waals surface area contributed by atoms with Crippen LogP contribution < -0.4 is 5.56 Å². The molecular weight excluding hydrogens is 406 g/mol. The Hall–Kier alpha value is -2.71. The minimum absolute atomic E-state index is 0.0768.